The van der Waals surface area contributed by atoms with Gasteiger partial charge in [0.05, 0.1) is 24.5 Å². The van der Waals surface area contributed by atoms with Gasteiger partial charge in [-0.1, -0.05) is 0 Å². The molecule has 31 heavy (non-hydrogen) atoms. The van der Waals surface area contributed by atoms with E-state index in [9.17, 15) is 4.79 Å². The Kier molecular flexibility index (Phi) is 7.19. The number of aliphatic hydroxyl groups excluding tert-OH is 1. The summed E-state index contributed by atoms with van der Waals surface area (Å²) < 4.78 is 1.53. The van der Waals surface area contributed by atoms with Crippen LogP contribution in [0.25, 0.3) is 5.69 Å². The van der Waals surface area contributed by atoms with E-state index in [0.29, 0.717) is 40.8 Å². The number of aliphatic hydroxyl groups is 1. The number of azo groups is 1. The SMILES string of the molecule is CNc1cc(NC)c(/N=N/c2ncn(-c3ccc(C(=O)CN)cc3)n2)c(NCCO)n1. The zero-order valence-electron chi connectivity index (χ0n) is 17.2. The third kappa shape index (κ3) is 5.18. The Balaban J connectivity index is 1.86. The molecule has 12 nitrogen and oxygen atoms in total. The fourth-order valence-corrected chi connectivity index (χ4v) is 2.69. The molecule has 0 aliphatic heterocycles. The molecule has 3 rings (SSSR count). The molecule has 0 unspecified atom stereocenters. The summed E-state index contributed by atoms with van der Waals surface area (Å²) in [5.74, 6) is 1.09. The third-order valence-electron chi connectivity index (χ3n) is 4.28. The summed E-state index contributed by atoms with van der Waals surface area (Å²) in [7, 11) is 3.52. The Bertz CT molecular complexity index is 1060. The molecule has 0 saturated carbocycles. The van der Waals surface area contributed by atoms with Gasteiger partial charge in [-0.3, -0.25) is 4.79 Å². The molecule has 3 aromatic rings. The highest BCUT2D eigenvalue weighted by molar-refractivity contribution is 5.97. The van der Waals surface area contributed by atoms with Crippen LogP contribution in [0.15, 0.2) is 46.9 Å². The van der Waals surface area contributed by atoms with Crippen LogP contribution in [0.5, 0.6) is 0 Å². The molecule has 0 aliphatic rings. The fourth-order valence-electron chi connectivity index (χ4n) is 2.69. The number of hydrogen-bond acceptors (Lipinski definition) is 11. The Morgan fingerprint density at radius 3 is 2.61 bits per heavy atom. The van der Waals surface area contributed by atoms with Crippen LogP contribution in [0.1, 0.15) is 10.4 Å². The molecule has 0 amide bonds. The predicted molar refractivity (Wildman–Crippen MR) is 118 cm³/mol. The second-order valence-corrected chi connectivity index (χ2v) is 6.27. The number of nitrogens with two attached hydrogens (primary N) is 1. The van der Waals surface area contributed by atoms with E-state index in [4.69, 9.17) is 10.8 Å². The molecule has 12 heteroatoms. The molecule has 2 heterocycles. The summed E-state index contributed by atoms with van der Waals surface area (Å²) in [5, 5.41) is 30.9. The van der Waals surface area contributed by atoms with Crippen molar-refractivity contribution in [1.82, 2.24) is 19.7 Å². The van der Waals surface area contributed by atoms with Gasteiger partial charge in [-0.2, -0.15) is 4.98 Å². The van der Waals surface area contributed by atoms with Crippen LogP contribution in [-0.2, 0) is 0 Å². The monoisotopic (exact) mass is 424 g/mol. The molecule has 0 radical (unpaired) electrons. The topological polar surface area (TPSA) is 168 Å². The summed E-state index contributed by atoms with van der Waals surface area (Å²) in [6.07, 6.45) is 1.50. The van der Waals surface area contributed by atoms with Gasteiger partial charge in [0, 0.05) is 32.3 Å². The lowest BCUT2D eigenvalue weighted by Gasteiger charge is -2.13. The first kappa shape index (κ1) is 21.8. The van der Waals surface area contributed by atoms with Gasteiger partial charge in [0.2, 0.25) is 0 Å². The van der Waals surface area contributed by atoms with E-state index in [1.807, 2.05) is 0 Å². The second-order valence-electron chi connectivity index (χ2n) is 6.27. The summed E-state index contributed by atoms with van der Waals surface area (Å²) in [6, 6.07) is 8.64. The zero-order valence-corrected chi connectivity index (χ0v) is 17.2. The number of hydrogen-bond donors (Lipinski definition) is 5. The van der Waals surface area contributed by atoms with E-state index in [1.165, 1.54) is 11.0 Å². The quantitative estimate of drug-likeness (QED) is 0.240. The van der Waals surface area contributed by atoms with Crippen molar-refractivity contribution in [3.63, 3.8) is 0 Å². The van der Waals surface area contributed by atoms with Crippen molar-refractivity contribution in [3.05, 3.63) is 42.2 Å². The highest BCUT2D eigenvalue weighted by Gasteiger charge is 2.12. The molecular weight excluding hydrogens is 400 g/mol. The van der Waals surface area contributed by atoms with Gasteiger partial charge in [-0.05, 0) is 24.3 Å². The molecule has 0 bridgehead atoms. The highest BCUT2D eigenvalue weighted by atomic mass is 16.3. The number of aromatic nitrogens is 4. The molecule has 1 aromatic carbocycles. The van der Waals surface area contributed by atoms with Crippen LogP contribution < -0.4 is 21.7 Å². The van der Waals surface area contributed by atoms with E-state index >= 15 is 0 Å². The van der Waals surface area contributed by atoms with Gasteiger partial charge in [0.1, 0.15) is 12.1 Å². The van der Waals surface area contributed by atoms with Crippen molar-refractivity contribution in [2.75, 3.05) is 49.7 Å². The molecule has 162 valence electrons. The van der Waals surface area contributed by atoms with E-state index < -0.39 is 0 Å². The number of Topliss-reactive ketones (excluding diaryl/α,β-unsaturated/α-hetero) is 1. The van der Waals surface area contributed by atoms with Crippen LogP contribution in [0.2, 0.25) is 0 Å². The fraction of sp³-hybridized carbons (Fsp3) is 0.263. The lowest BCUT2D eigenvalue weighted by Crippen LogP contribution is -2.13. The summed E-state index contributed by atoms with van der Waals surface area (Å²) >= 11 is 0. The van der Waals surface area contributed by atoms with Crippen LogP contribution in [-0.4, -0.2) is 64.4 Å². The molecule has 0 spiro atoms. The Morgan fingerprint density at radius 1 is 1.19 bits per heavy atom. The van der Waals surface area contributed by atoms with Crippen molar-refractivity contribution in [2.45, 2.75) is 0 Å². The van der Waals surface area contributed by atoms with Crippen molar-refractivity contribution >= 4 is 34.7 Å². The van der Waals surface area contributed by atoms with Crippen LogP contribution in [0.3, 0.4) is 0 Å². The lowest BCUT2D eigenvalue weighted by atomic mass is 10.1. The van der Waals surface area contributed by atoms with Gasteiger partial charge < -0.3 is 26.8 Å². The number of carbonyl (C=O) groups is 1. The maximum atomic E-state index is 11.7. The van der Waals surface area contributed by atoms with Crippen LogP contribution >= 0.6 is 0 Å². The van der Waals surface area contributed by atoms with Crippen LogP contribution in [0.4, 0.5) is 29.0 Å². The zero-order chi connectivity index (χ0) is 22.2. The van der Waals surface area contributed by atoms with E-state index in [-0.39, 0.29) is 24.9 Å². The number of nitrogens with one attached hydrogen (secondary N) is 3. The average molecular weight is 424 g/mol. The first-order valence-corrected chi connectivity index (χ1v) is 9.52. The average Bonchev–Trinajstić information content (AvgIpc) is 3.29. The predicted octanol–water partition coefficient (Wildman–Crippen LogP) is 1.71. The second kappa shape index (κ2) is 10.2. The van der Waals surface area contributed by atoms with Crippen molar-refractivity contribution in [1.29, 1.82) is 0 Å². The maximum Gasteiger partial charge on any atom is 0.287 e. The molecule has 0 atom stereocenters. The maximum absolute atomic E-state index is 11.7. The molecule has 6 N–H and O–H groups in total. The highest BCUT2D eigenvalue weighted by Crippen LogP contribution is 2.35. The summed E-state index contributed by atoms with van der Waals surface area (Å²) in [5.41, 5.74) is 7.77. The van der Waals surface area contributed by atoms with Gasteiger partial charge >= 0.3 is 0 Å². The number of ketones is 1. The number of carbonyl (C=O) groups excluding carboxylic acids is 1. The molecular formula is C19H24N10O2. The minimum atomic E-state index is -0.136. The van der Waals surface area contributed by atoms with Gasteiger partial charge in [0.15, 0.2) is 17.3 Å². The number of anilines is 3. The van der Waals surface area contributed by atoms with Crippen molar-refractivity contribution in [3.8, 4) is 5.69 Å². The van der Waals surface area contributed by atoms with Gasteiger partial charge in [-0.15, -0.1) is 15.3 Å². The van der Waals surface area contributed by atoms with Crippen molar-refractivity contribution < 1.29 is 9.90 Å². The minimum absolute atomic E-state index is 0.0406. The summed E-state index contributed by atoms with van der Waals surface area (Å²) in [4.78, 5) is 20.2. The molecule has 0 aliphatic carbocycles. The number of nitrogens with zero attached hydrogens (tertiary/aromatic N) is 6. The van der Waals surface area contributed by atoms with E-state index in [0.717, 1.165) is 0 Å². The molecule has 2 aromatic heterocycles. The molecule has 0 fully saturated rings. The van der Waals surface area contributed by atoms with Gasteiger partial charge in [-0.25, -0.2) is 9.67 Å². The third-order valence-corrected chi connectivity index (χ3v) is 4.28. The first-order chi connectivity index (χ1) is 15.1. The number of benzene rings is 1. The smallest absolute Gasteiger partial charge is 0.287 e. The Hall–Kier alpha value is -3.90. The van der Waals surface area contributed by atoms with Gasteiger partial charge in [0.25, 0.3) is 5.95 Å². The normalized spacial score (nSPS) is 11.0. The molecule has 0 saturated heterocycles. The van der Waals surface area contributed by atoms with E-state index in [1.54, 1.807) is 44.4 Å². The lowest BCUT2D eigenvalue weighted by molar-refractivity contribution is 0.100. The summed E-state index contributed by atoms with van der Waals surface area (Å²) in [6.45, 7) is 0.209. The minimum Gasteiger partial charge on any atom is -0.395 e. The van der Waals surface area contributed by atoms with Crippen molar-refractivity contribution in [2.24, 2.45) is 16.0 Å². The van der Waals surface area contributed by atoms with Crippen LogP contribution in [0, 0.1) is 0 Å². The number of rotatable bonds is 10. The largest absolute Gasteiger partial charge is 0.395 e. The Morgan fingerprint density at radius 2 is 1.97 bits per heavy atom. The first-order valence-electron chi connectivity index (χ1n) is 9.52. The number of pyridine rings is 1. The Labute approximate surface area is 178 Å². The van der Waals surface area contributed by atoms with E-state index in [2.05, 4.69) is 41.2 Å². The standard InChI is InChI=1S/C19H24N10O2/c1-21-14-9-16(22-2)25-18(23-7-8-30)17(14)26-27-19-24-11-29(28-19)13-5-3-12(4-6-13)15(31)10-20/h3-6,9,11,30H,7-8,10,20H2,1-2H3,(H3,21,22,23,25)/b27-26+.